The molecule has 0 spiro atoms. The smallest absolute Gasteiger partial charge is 0.407 e. The van der Waals surface area contributed by atoms with Crippen LogP contribution in [0, 0.1) is 5.92 Å². The minimum atomic E-state index is -0.410. The molecule has 0 bridgehead atoms. The standard InChI is InChI=1S/C22H25NO3/c24-21(15-6-5-7-15)12-13-23-22(25)26-14-20-18-10-3-1-8-16(18)17-9-2-4-11-19(17)20/h1-4,8-11,15,20-21,24H,5-7,12-14H2,(H,23,25). The number of carbonyl (C=O) groups excluding carboxylic acids is 1. The highest BCUT2D eigenvalue weighted by Crippen LogP contribution is 2.44. The summed E-state index contributed by atoms with van der Waals surface area (Å²) >= 11 is 0. The average Bonchev–Trinajstić information content (AvgIpc) is 2.92. The maximum Gasteiger partial charge on any atom is 0.407 e. The molecule has 2 aromatic carbocycles. The Hall–Kier alpha value is -2.33. The van der Waals surface area contributed by atoms with E-state index in [9.17, 15) is 9.90 Å². The number of amides is 1. The molecular weight excluding hydrogens is 326 g/mol. The van der Waals surface area contributed by atoms with Gasteiger partial charge >= 0.3 is 6.09 Å². The van der Waals surface area contributed by atoms with Crippen molar-refractivity contribution in [2.45, 2.75) is 37.7 Å². The minimum absolute atomic E-state index is 0.0775. The van der Waals surface area contributed by atoms with Crippen molar-refractivity contribution in [2.75, 3.05) is 13.2 Å². The van der Waals surface area contributed by atoms with Gasteiger partial charge in [-0.1, -0.05) is 55.0 Å². The van der Waals surface area contributed by atoms with Crippen LogP contribution < -0.4 is 5.32 Å². The number of ether oxygens (including phenoxy) is 1. The molecule has 26 heavy (non-hydrogen) atoms. The number of alkyl carbamates (subject to hydrolysis) is 1. The fraction of sp³-hybridized carbons (Fsp3) is 0.409. The lowest BCUT2D eigenvalue weighted by Gasteiger charge is -2.30. The molecular formula is C22H25NO3. The van der Waals surface area contributed by atoms with Gasteiger partial charge in [0.15, 0.2) is 0 Å². The van der Waals surface area contributed by atoms with Crippen LogP contribution in [0.5, 0.6) is 0 Å². The predicted molar refractivity (Wildman–Crippen MR) is 101 cm³/mol. The topological polar surface area (TPSA) is 58.6 Å². The number of hydrogen-bond donors (Lipinski definition) is 2. The van der Waals surface area contributed by atoms with E-state index in [2.05, 4.69) is 29.6 Å². The van der Waals surface area contributed by atoms with E-state index < -0.39 is 6.09 Å². The average molecular weight is 351 g/mol. The predicted octanol–water partition coefficient (Wildman–Crippen LogP) is 4.08. The summed E-state index contributed by atoms with van der Waals surface area (Å²) in [6.07, 6.45) is 3.29. The van der Waals surface area contributed by atoms with E-state index in [1.165, 1.54) is 28.7 Å². The van der Waals surface area contributed by atoms with Gasteiger partial charge in [0.2, 0.25) is 0 Å². The number of aliphatic hydroxyl groups is 1. The Balaban J connectivity index is 1.32. The quantitative estimate of drug-likeness (QED) is 0.824. The molecule has 1 atom stereocenters. The number of aliphatic hydroxyl groups excluding tert-OH is 1. The van der Waals surface area contributed by atoms with Crippen LogP contribution in [0.1, 0.15) is 42.7 Å². The van der Waals surface area contributed by atoms with Crippen LogP contribution in [0.3, 0.4) is 0 Å². The molecule has 0 aromatic heterocycles. The second-order valence-electron chi connectivity index (χ2n) is 7.30. The summed E-state index contributed by atoms with van der Waals surface area (Å²) in [5, 5.41) is 12.8. The third-order valence-electron chi connectivity index (χ3n) is 5.75. The molecule has 2 aliphatic carbocycles. The Morgan fingerprint density at radius 1 is 1.08 bits per heavy atom. The normalized spacial score (nSPS) is 17.1. The van der Waals surface area contributed by atoms with Gasteiger partial charge in [0.1, 0.15) is 6.61 Å². The van der Waals surface area contributed by atoms with E-state index >= 15 is 0 Å². The summed E-state index contributed by atoms with van der Waals surface area (Å²) in [7, 11) is 0. The molecule has 0 aliphatic heterocycles. The highest BCUT2D eigenvalue weighted by atomic mass is 16.5. The first kappa shape index (κ1) is 17.1. The van der Waals surface area contributed by atoms with Gasteiger partial charge in [-0.2, -0.15) is 0 Å². The van der Waals surface area contributed by atoms with Crippen LogP contribution in [-0.2, 0) is 4.74 Å². The maximum absolute atomic E-state index is 12.0. The molecule has 1 fully saturated rings. The van der Waals surface area contributed by atoms with Gasteiger partial charge in [-0.15, -0.1) is 0 Å². The zero-order valence-corrected chi connectivity index (χ0v) is 14.9. The van der Waals surface area contributed by atoms with Gasteiger partial charge in [-0.25, -0.2) is 4.79 Å². The van der Waals surface area contributed by atoms with E-state index in [4.69, 9.17) is 4.74 Å². The second kappa shape index (κ2) is 7.50. The van der Waals surface area contributed by atoms with E-state index in [0.29, 0.717) is 25.5 Å². The Bertz CT molecular complexity index is 739. The molecule has 1 saturated carbocycles. The molecule has 4 nitrogen and oxygen atoms in total. The van der Waals surface area contributed by atoms with Crippen molar-refractivity contribution >= 4 is 6.09 Å². The number of benzene rings is 2. The van der Waals surface area contributed by atoms with Crippen LogP contribution in [0.25, 0.3) is 11.1 Å². The summed E-state index contributed by atoms with van der Waals surface area (Å²) in [4.78, 5) is 12.0. The summed E-state index contributed by atoms with van der Waals surface area (Å²) in [6.45, 7) is 0.777. The van der Waals surface area contributed by atoms with E-state index in [1.807, 2.05) is 24.3 Å². The Kier molecular flexibility index (Phi) is 4.93. The molecule has 2 N–H and O–H groups in total. The summed E-state index contributed by atoms with van der Waals surface area (Å²) < 4.78 is 5.49. The van der Waals surface area contributed by atoms with Crippen molar-refractivity contribution in [1.82, 2.24) is 5.32 Å². The van der Waals surface area contributed by atoms with Gasteiger partial charge in [-0.05, 0) is 47.4 Å². The zero-order valence-electron chi connectivity index (χ0n) is 14.9. The van der Waals surface area contributed by atoms with Crippen LogP contribution in [0.2, 0.25) is 0 Å². The van der Waals surface area contributed by atoms with Gasteiger partial charge < -0.3 is 15.2 Å². The first-order chi connectivity index (χ1) is 12.7. The summed E-state index contributed by atoms with van der Waals surface area (Å²) in [6, 6.07) is 16.6. The highest BCUT2D eigenvalue weighted by molar-refractivity contribution is 5.79. The largest absolute Gasteiger partial charge is 0.449 e. The van der Waals surface area contributed by atoms with Crippen molar-refractivity contribution in [3.05, 3.63) is 59.7 Å². The lowest BCUT2D eigenvalue weighted by atomic mass is 9.80. The molecule has 1 amide bonds. The van der Waals surface area contributed by atoms with Gasteiger partial charge in [0, 0.05) is 12.5 Å². The van der Waals surface area contributed by atoms with Gasteiger partial charge in [0.25, 0.3) is 0 Å². The molecule has 0 radical (unpaired) electrons. The highest BCUT2D eigenvalue weighted by Gasteiger charge is 2.29. The molecule has 136 valence electrons. The van der Waals surface area contributed by atoms with Gasteiger partial charge in [0.05, 0.1) is 6.10 Å². The first-order valence-corrected chi connectivity index (χ1v) is 9.51. The van der Waals surface area contributed by atoms with Crippen molar-refractivity contribution in [2.24, 2.45) is 5.92 Å². The Morgan fingerprint density at radius 3 is 2.27 bits per heavy atom. The number of fused-ring (bicyclic) bond motifs is 3. The van der Waals surface area contributed by atoms with Crippen molar-refractivity contribution in [3.8, 4) is 11.1 Å². The maximum atomic E-state index is 12.0. The molecule has 0 saturated heterocycles. The lowest BCUT2D eigenvalue weighted by molar-refractivity contribution is 0.0554. The van der Waals surface area contributed by atoms with Gasteiger partial charge in [-0.3, -0.25) is 0 Å². The first-order valence-electron chi connectivity index (χ1n) is 9.51. The van der Waals surface area contributed by atoms with Crippen molar-refractivity contribution in [1.29, 1.82) is 0 Å². The van der Waals surface area contributed by atoms with E-state index in [-0.39, 0.29) is 12.0 Å². The number of nitrogens with one attached hydrogen (secondary N) is 1. The third-order valence-corrected chi connectivity index (χ3v) is 5.75. The Morgan fingerprint density at radius 2 is 1.69 bits per heavy atom. The lowest BCUT2D eigenvalue weighted by Crippen LogP contribution is -2.33. The summed E-state index contributed by atoms with van der Waals surface area (Å²) in [5.74, 6) is 0.494. The second-order valence-corrected chi connectivity index (χ2v) is 7.30. The zero-order chi connectivity index (χ0) is 17.9. The monoisotopic (exact) mass is 351 g/mol. The van der Waals surface area contributed by atoms with E-state index in [1.54, 1.807) is 0 Å². The minimum Gasteiger partial charge on any atom is -0.449 e. The SMILES string of the molecule is O=C(NCCC(O)C1CCC1)OCC1c2ccccc2-c2ccccc21. The van der Waals surface area contributed by atoms with E-state index in [0.717, 1.165) is 12.8 Å². The van der Waals surface area contributed by atoms with Crippen LogP contribution in [0.15, 0.2) is 48.5 Å². The molecule has 2 aromatic rings. The van der Waals surface area contributed by atoms with Crippen molar-refractivity contribution in [3.63, 3.8) is 0 Å². The third kappa shape index (κ3) is 3.34. The molecule has 4 heteroatoms. The number of carbonyl (C=O) groups is 1. The fourth-order valence-corrected chi connectivity index (χ4v) is 4.03. The molecule has 0 heterocycles. The number of rotatable bonds is 6. The van der Waals surface area contributed by atoms with Crippen LogP contribution in [-0.4, -0.2) is 30.5 Å². The number of hydrogen-bond acceptors (Lipinski definition) is 3. The van der Waals surface area contributed by atoms with Crippen LogP contribution in [0.4, 0.5) is 4.79 Å². The fourth-order valence-electron chi connectivity index (χ4n) is 4.03. The summed E-state index contributed by atoms with van der Waals surface area (Å²) in [5.41, 5.74) is 4.87. The molecule has 1 unspecified atom stereocenters. The Labute approximate surface area is 154 Å². The van der Waals surface area contributed by atoms with Crippen LogP contribution >= 0.6 is 0 Å². The molecule has 4 rings (SSSR count). The molecule has 2 aliphatic rings. The van der Waals surface area contributed by atoms with Crippen molar-refractivity contribution < 1.29 is 14.6 Å².